The van der Waals surface area contributed by atoms with Crippen molar-refractivity contribution in [1.82, 2.24) is 0 Å². The highest BCUT2D eigenvalue weighted by Gasteiger charge is 2.39. The Labute approximate surface area is 113 Å². The molecular formula is C10H7BrF3NO4. The van der Waals surface area contributed by atoms with E-state index >= 15 is 0 Å². The average Bonchev–Trinajstić information content (AvgIpc) is 2.27. The number of carboxylic acids is 1. The van der Waals surface area contributed by atoms with Crippen LogP contribution in [0, 0.1) is 0 Å². The van der Waals surface area contributed by atoms with E-state index < -0.39 is 29.3 Å². The molecule has 0 radical (unpaired) electrons. The second-order valence-corrected chi connectivity index (χ2v) is 4.14. The molecule has 0 saturated heterocycles. The first-order valence-corrected chi connectivity index (χ1v) is 5.45. The van der Waals surface area contributed by atoms with Gasteiger partial charge in [0.05, 0.1) is 22.8 Å². The van der Waals surface area contributed by atoms with E-state index in [1.54, 1.807) is 0 Å². The van der Waals surface area contributed by atoms with Gasteiger partial charge in [0.25, 0.3) is 0 Å². The Bertz CT molecular complexity index is 530. The number of benzene rings is 1. The number of methoxy groups -OCH3 is 1. The van der Waals surface area contributed by atoms with E-state index in [4.69, 9.17) is 9.84 Å². The normalized spacial score (nSPS) is 11.0. The van der Waals surface area contributed by atoms with Gasteiger partial charge >= 0.3 is 18.1 Å². The zero-order valence-electron chi connectivity index (χ0n) is 9.34. The molecule has 0 unspecified atom stereocenters. The van der Waals surface area contributed by atoms with E-state index in [1.807, 2.05) is 0 Å². The van der Waals surface area contributed by atoms with Crippen LogP contribution in [-0.4, -0.2) is 30.3 Å². The molecule has 104 valence electrons. The van der Waals surface area contributed by atoms with Crippen LogP contribution in [0.25, 0.3) is 0 Å². The van der Waals surface area contributed by atoms with Crippen LogP contribution in [0.5, 0.6) is 5.75 Å². The molecule has 1 rings (SSSR count). The van der Waals surface area contributed by atoms with Gasteiger partial charge in [0.15, 0.2) is 0 Å². The van der Waals surface area contributed by atoms with E-state index in [9.17, 15) is 22.8 Å². The maximum Gasteiger partial charge on any atom is 0.471 e. The first-order chi connectivity index (χ1) is 8.66. The van der Waals surface area contributed by atoms with Crippen molar-refractivity contribution in [3.05, 3.63) is 22.2 Å². The molecule has 0 heterocycles. The highest BCUT2D eigenvalue weighted by atomic mass is 79.9. The number of halogens is 4. The van der Waals surface area contributed by atoms with E-state index in [-0.39, 0.29) is 10.2 Å². The number of rotatable bonds is 3. The van der Waals surface area contributed by atoms with E-state index in [1.165, 1.54) is 12.4 Å². The van der Waals surface area contributed by atoms with Crippen molar-refractivity contribution in [2.75, 3.05) is 12.4 Å². The van der Waals surface area contributed by atoms with Crippen molar-refractivity contribution >= 4 is 33.5 Å². The Hall–Kier alpha value is -1.77. The number of anilines is 1. The van der Waals surface area contributed by atoms with Crippen LogP contribution >= 0.6 is 15.9 Å². The van der Waals surface area contributed by atoms with Gasteiger partial charge in [-0.15, -0.1) is 0 Å². The lowest BCUT2D eigenvalue weighted by Crippen LogP contribution is -2.30. The number of ether oxygens (including phenoxy) is 1. The Morgan fingerprint density at radius 1 is 1.37 bits per heavy atom. The quantitative estimate of drug-likeness (QED) is 0.886. The summed E-state index contributed by atoms with van der Waals surface area (Å²) in [5.41, 5.74) is -1.000. The van der Waals surface area contributed by atoms with Crippen molar-refractivity contribution < 1.29 is 32.6 Å². The Morgan fingerprint density at radius 2 is 1.95 bits per heavy atom. The summed E-state index contributed by atoms with van der Waals surface area (Å²) in [5.74, 6) is -3.64. The average molecular weight is 342 g/mol. The number of carbonyl (C=O) groups excluding carboxylic acids is 1. The minimum Gasteiger partial charge on any atom is -0.496 e. The lowest BCUT2D eigenvalue weighted by molar-refractivity contribution is -0.167. The fraction of sp³-hybridized carbons (Fsp3) is 0.200. The maximum atomic E-state index is 12.1. The number of carbonyl (C=O) groups is 2. The summed E-state index contributed by atoms with van der Waals surface area (Å²) in [6, 6.07) is 2.02. The molecule has 0 aromatic heterocycles. The van der Waals surface area contributed by atoms with E-state index in [0.29, 0.717) is 0 Å². The van der Waals surface area contributed by atoms with Crippen LogP contribution in [0.3, 0.4) is 0 Å². The lowest BCUT2D eigenvalue weighted by Gasteiger charge is -2.12. The molecule has 1 aromatic carbocycles. The molecule has 0 saturated carbocycles. The van der Waals surface area contributed by atoms with E-state index in [2.05, 4.69) is 15.9 Å². The fourth-order valence-corrected chi connectivity index (χ4v) is 1.69. The van der Waals surface area contributed by atoms with Gasteiger partial charge in [-0.2, -0.15) is 13.2 Å². The largest absolute Gasteiger partial charge is 0.496 e. The third-order valence-electron chi connectivity index (χ3n) is 2.03. The van der Waals surface area contributed by atoms with E-state index in [0.717, 1.165) is 12.1 Å². The third-order valence-corrected chi connectivity index (χ3v) is 2.65. The first kappa shape index (κ1) is 15.3. The van der Waals surface area contributed by atoms with Crippen molar-refractivity contribution in [3.8, 4) is 5.75 Å². The molecular weight excluding hydrogens is 335 g/mol. The van der Waals surface area contributed by atoms with Gasteiger partial charge < -0.3 is 15.2 Å². The molecule has 1 aromatic rings. The number of hydrogen-bond acceptors (Lipinski definition) is 3. The molecule has 0 atom stereocenters. The Morgan fingerprint density at radius 3 is 2.37 bits per heavy atom. The molecule has 19 heavy (non-hydrogen) atoms. The zero-order chi connectivity index (χ0) is 14.8. The van der Waals surface area contributed by atoms with Gasteiger partial charge in [-0.25, -0.2) is 4.79 Å². The highest BCUT2D eigenvalue weighted by molar-refractivity contribution is 9.10. The number of alkyl halides is 3. The van der Waals surface area contributed by atoms with Crippen molar-refractivity contribution in [2.24, 2.45) is 0 Å². The molecule has 0 aliphatic rings. The van der Waals surface area contributed by atoms with Gasteiger partial charge in [0, 0.05) is 0 Å². The molecule has 0 fully saturated rings. The second kappa shape index (κ2) is 5.47. The summed E-state index contributed by atoms with van der Waals surface area (Å²) in [7, 11) is 1.26. The minimum absolute atomic E-state index is 0.113. The molecule has 1 amide bonds. The summed E-state index contributed by atoms with van der Waals surface area (Å²) in [6.07, 6.45) is -5.11. The van der Waals surface area contributed by atoms with Crippen LogP contribution in [-0.2, 0) is 4.79 Å². The third kappa shape index (κ3) is 3.60. The fourth-order valence-electron chi connectivity index (χ4n) is 1.18. The number of amides is 1. The maximum absolute atomic E-state index is 12.1. The van der Waals surface area contributed by atoms with Crippen LogP contribution in [0.15, 0.2) is 16.6 Å². The minimum atomic E-state index is -5.11. The van der Waals surface area contributed by atoms with Crippen LogP contribution in [0.1, 0.15) is 10.4 Å². The van der Waals surface area contributed by atoms with Crippen LogP contribution in [0.2, 0.25) is 0 Å². The smallest absolute Gasteiger partial charge is 0.471 e. The van der Waals surface area contributed by atoms with Gasteiger partial charge in [0.2, 0.25) is 0 Å². The summed E-state index contributed by atoms with van der Waals surface area (Å²) in [6.45, 7) is 0. The number of carboxylic acid groups (broad SMARTS) is 1. The van der Waals surface area contributed by atoms with Crippen molar-refractivity contribution in [3.63, 3.8) is 0 Å². The standard InChI is InChI=1S/C10H7BrF3NO4/c1-19-7-2-4(8(16)17)6(3-5(7)11)15-9(18)10(12,13)14/h2-3H,1H3,(H,15,18)(H,16,17). The summed E-state index contributed by atoms with van der Waals surface area (Å²) < 4.78 is 41.4. The molecule has 0 aliphatic heterocycles. The molecule has 0 spiro atoms. The lowest BCUT2D eigenvalue weighted by atomic mass is 10.1. The van der Waals surface area contributed by atoms with Gasteiger partial charge in [-0.05, 0) is 28.1 Å². The number of nitrogens with one attached hydrogen (secondary N) is 1. The Balaban J connectivity index is 3.23. The first-order valence-electron chi connectivity index (χ1n) is 4.65. The number of aromatic carboxylic acids is 1. The molecule has 9 heteroatoms. The van der Waals surface area contributed by atoms with Gasteiger partial charge in [-0.3, -0.25) is 4.79 Å². The van der Waals surface area contributed by atoms with Crippen molar-refractivity contribution in [1.29, 1.82) is 0 Å². The molecule has 0 aliphatic carbocycles. The SMILES string of the molecule is COc1cc(C(=O)O)c(NC(=O)C(F)(F)F)cc1Br. The molecule has 2 N–H and O–H groups in total. The van der Waals surface area contributed by atoms with Gasteiger partial charge in [-0.1, -0.05) is 0 Å². The second-order valence-electron chi connectivity index (χ2n) is 3.29. The van der Waals surface area contributed by atoms with Crippen molar-refractivity contribution in [2.45, 2.75) is 6.18 Å². The predicted octanol–water partition coefficient (Wildman–Crippen LogP) is 2.66. The van der Waals surface area contributed by atoms with Crippen LogP contribution < -0.4 is 10.1 Å². The summed E-state index contributed by atoms with van der Waals surface area (Å²) >= 11 is 2.98. The highest BCUT2D eigenvalue weighted by Crippen LogP contribution is 2.32. The Kier molecular flexibility index (Phi) is 4.40. The predicted molar refractivity (Wildman–Crippen MR) is 62.3 cm³/mol. The zero-order valence-corrected chi connectivity index (χ0v) is 10.9. The van der Waals surface area contributed by atoms with Gasteiger partial charge in [0.1, 0.15) is 5.75 Å². The summed E-state index contributed by atoms with van der Waals surface area (Å²) in [5, 5.41) is 10.4. The topological polar surface area (TPSA) is 75.6 Å². The molecule has 5 nitrogen and oxygen atoms in total. The number of hydrogen-bond donors (Lipinski definition) is 2. The monoisotopic (exact) mass is 341 g/mol. The summed E-state index contributed by atoms with van der Waals surface area (Å²) in [4.78, 5) is 21.7. The van der Waals surface area contributed by atoms with Crippen LogP contribution in [0.4, 0.5) is 18.9 Å². The molecule has 0 bridgehead atoms.